The van der Waals surface area contributed by atoms with Crippen LogP contribution in [0.15, 0.2) is 48.5 Å². The van der Waals surface area contributed by atoms with Gasteiger partial charge in [-0.15, -0.1) is 22.2 Å². The van der Waals surface area contributed by atoms with E-state index in [9.17, 15) is 9.90 Å². The molecule has 1 N–H and O–H groups in total. The SMILES string of the molecule is C#CC/C=C\c1nn(-c2cc(CC)ccc2OC(C(=O)O)c2cccc(Cl)c2)nc1C. The summed E-state index contributed by atoms with van der Waals surface area (Å²) in [6, 6.07) is 12.1. The molecule has 3 rings (SSSR count). The van der Waals surface area contributed by atoms with Crippen molar-refractivity contribution in [2.24, 2.45) is 0 Å². The number of rotatable bonds is 8. The van der Waals surface area contributed by atoms with Gasteiger partial charge in [-0.25, -0.2) is 4.79 Å². The van der Waals surface area contributed by atoms with E-state index in [1.165, 1.54) is 4.80 Å². The van der Waals surface area contributed by atoms with Crippen LogP contribution in [-0.4, -0.2) is 26.1 Å². The third-order valence-electron chi connectivity index (χ3n) is 4.60. The maximum atomic E-state index is 12.0. The monoisotopic (exact) mass is 435 g/mol. The van der Waals surface area contributed by atoms with Crippen LogP contribution in [0.5, 0.6) is 5.75 Å². The van der Waals surface area contributed by atoms with Crippen molar-refractivity contribution >= 4 is 23.6 Å². The van der Waals surface area contributed by atoms with Crippen LogP contribution in [0.3, 0.4) is 0 Å². The van der Waals surface area contributed by atoms with Gasteiger partial charge in [-0.2, -0.15) is 5.10 Å². The standard InChI is InChI=1S/C24H22ClN3O3/c1-4-6-7-11-20-16(3)26-28(27-20)21-14-17(5-2)12-13-22(21)31-23(24(29)30)18-9-8-10-19(25)15-18/h1,7-15,23H,5-6H2,2-3H3,(H,29,30)/b11-7-. The summed E-state index contributed by atoms with van der Waals surface area (Å²) in [5, 5.41) is 19.2. The van der Waals surface area contributed by atoms with E-state index >= 15 is 0 Å². The Bertz CT molecular complexity index is 1160. The lowest BCUT2D eigenvalue weighted by Crippen LogP contribution is -2.19. The Kier molecular flexibility index (Phi) is 7.11. The van der Waals surface area contributed by atoms with Crippen LogP contribution in [-0.2, 0) is 11.2 Å². The van der Waals surface area contributed by atoms with Crippen molar-refractivity contribution < 1.29 is 14.6 Å². The summed E-state index contributed by atoms with van der Waals surface area (Å²) in [7, 11) is 0. The summed E-state index contributed by atoms with van der Waals surface area (Å²) < 4.78 is 5.95. The van der Waals surface area contributed by atoms with E-state index in [1.807, 2.05) is 38.1 Å². The molecule has 1 aromatic heterocycles. The largest absolute Gasteiger partial charge is 0.478 e. The minimum Gasteiger partial charge on any atom is -0.478 e. The first-order valence-corrected chi connectivity index (χ1v) is 10.1. The molecule has 6 nitrogen and oxygen atoms in total. The number of nitrogens with zero attached hydrogens (tertiary/aromatic N) is 3. The minimum atomic E-state index is -1.24. The summed E-state index contributed by atoms with van der Waals surface area (Å²) in [6.07, 6.45) is 8.98. The lowest BCUT2D eigenvalue weighted by atomic mass is 10.1. The summed E-state index contributed by atoms with van der Waals surface area (Å²) in [5.41, 5.74) is 3.41. The zero-order valence-corrected chi connectivity index (χ0v) is 18.0. The van der Waals surface area contributed by atoms with Gasteiger partial charge < -0.3 is 9.84 Å². The summed E-state index contributed by atoms with van der Waals surface area (Å²) in [5.74, 6) is 1.76. The third kappa shape index (κ3) is 5.33. The van der Waals surface area contributed by atoms with Gasteiger partial charge in [0.05, 0.1) is 5.69 Å². The van der Waals surface area contributed by atoms with Gasteiger partial charge in [-0.3, -0.25) is 0 Å². The topological polar surface area (TPSA) is 77.2 Å². The number of carboxylic acid groups (broad SMARTS) is 1. The molecule has 2 aromatic carbocycles. The second-order valence-electron chi connectivity index (χ2n) is 6.82. The van der Waals surface area contributed by atoms with Crippen molar-refractivity contribution in [2.75, 3.05) is 0 Å². The molecule has 7 heteroatoms. The van der Waals surface area contributed by atoms with Gasteiger partial charge in [-0.1, -0.05) is 42.8 Å². The quantitative estimate of drug-likeness (QED) is 0.502. The number of carbonyl (C=O) groups is 1. The minimum absolute atomic E-state index is 0.346. The van der Waals surface area contributed by atoms with Gasteiger partial charge in [0.2, 0.25) is 6.10 Å². The molecule has 0 radical (unpaired) electrons. The molecule has 1 unspecified atom stereocenters. The number of ether oxygens (including phenoxy) is 1. The smallest absolute Gasteiger partial charge is 0.349 e. The number of allylic oxidation sites excluding steroid dienone is 1. The molecule has 1 atom stereocenters. The molecule has 0 spiro atoms. The fourth-order valence-corrected chi connectivity index (χ4v) is 3.19. The van der Waals surface area contributed by atoms with Gasteiger partial charge in [0, 0.05) is 17.0 Å². The normalized spacial score (nSPS) is 11.9. The highest BCUT2D eigenvalue weighted by atomic mass is 35.5. The van der Waals surface area contributed by atoms with Gasteiger partial charge in [0.25, 0.3) is 0 Å². The van der Waals surface area contributed by atoms with Crippen LogP contribution in [0.1, 0.15) is 42.0 Å². The maximum Gasteiger partial charge on any atom is 0.349 e. The van der Waals surface area contributed by atoms with Crippen molar-refractivity contribution in [3.8, 4) is 23.8 Å². The fourth-order valence-electron chi connectivity index (χ4n) is 2.99. The Morgan fingerprint density at radius 2 is 2.13 bits per heavy atom. The molecule has 0 amide bonds. The average molecular weight is 436 g/mol. The molecule has 0 saturated carbocycles. The van der Waals surface area contributed by atoms with Gasteiger partial charge in [0.15, 0.2) is 0 Å². The number of halogens is 1. The lowest BCUT2D eigenvalue weighted by molar-refractivity contribution is -0.145. The Morgan fingerprint density at radius 1 is 1.32 bits per heavy atom. The first-order chi connectivity index (χ1) is 14.9. The lowest BCUT2D eigenvalue weighted by Gasteiger charge is -2.18. The molecule has 0 fully saturated rings. The van der Waals surface area contributed by atoms with Gasteiger partial charge in [-0.05, 0) is 49.2 Å². The molecule has 0 saturated heterocycles. The number of aryl methyl sites for hydroxylation is 2. The number of hydrogen-bond acceptors (Lipinski definition) is 4. The first kappa shape index (κ1) is 22.1. The van der Waals surface area contributed by atoms with E-state index in [1.54, 1.807) is 30.3 Å². The molecule has 0 bridgehead atoms. The van der Waals surface area contributed by atoms with E-state index in [2.05, 4.69) is 16.1 Å². The van der Waals surface area contributed by atoms with Crippen molar-refractivity contribution in [3.05, 3.63) is 76.1 Å². The zero-order chi connectivity index (χ0) is 22.4. The van der Waals surface area contributed by atoms with Crippen LogP contribution < -0.4 is 4.74 Å². The highest BCUT2D eigenvalue weighted by molar-refractivity contribution is 6.30. The summed E-state index contributed by atoms with van der Waals surface area (Å²) in [4.78, 5) is 13.4. The Labute approximate surface area is 186 Å². The second kappa shape index (κ2) is 9.96. The van der Waals surface area contributed by atoms with E-state index in [0.29, 0.717) is 39.8 Å². The molecular formula is C24H22ClN3O3. The average Bonchev–Trinajstić information content (AvgIpc) is 3.12. The number of aromatic nitrogens is 3. The van der Waals surface area contributed by atoms with Crippen LogP contribution >= 0.6 is 11.6 Å². The fraction of sp³-hybridized carbons (Fsp3) is 0.208. The van der Waals surface area contributed by atoms with E-state index in [0.717, 1.165) is 12.0 Å². The Hall–Kier alpha value is -3.56. The Balaban J connectivity index is 2.03. The number of hydrogen-bond donors (Lipinski definition) is 1. The van der Waals surface area contributed by atoms with E-state index in [-0.39, 0.29) is 0 Å². The number of benzene rings is 2. The molecule has 0 aliphatic carbocycles. The van der Waals surface area contributed by atoms with Gasteiger partial charge >= 0.3 is 5.97 Å². The van der Waals surface area contributed by atoms with Crippen molar-refractivity contribution in [3.63, 3.8) is 0 Å². The van der Waals surface area contributed by atoms with Crippen LogP contribution in [0.4, 0.5) is 0 Å². The van der Waals surface area contributed by atoms with E-state index < -0.39 is 12.1 Å². The highest BCUT2D eigenvalue weighted by Gasteiger charge is 2.24. The number of aliphatic carboxylic acids is 1. The van der Waals surface area contributed by atoms with Crippen molar-refractivity contribution in [1.82, 2.24) is 15.0 Å². The van der Waals surface area contributed by atoms with Crippen LogP contribution in [0, 0.1) is 19.3 Å². The van der Waals surface area contributed by atoms with Gasteiger partial charge in [0.1, 0.15) is 17.1 Å². The van der Waals surface area contributed by atoms with Crippen LogP contribution in [0.2, 0.25) is 5.02 Å². The molecule has 0 aliphatic heterocycles. The molecule has 1 heterocycles. The maximum absolute atomic E-state index is 12.0. The second-order valence-corrected chi connectivity index (χ2v) is 7.25. The predicted molar refractivity (Wildman–Crippen MR) is 120 cm³/mol. The first-order valence-electron chi connectivity index (χ1n) is 9.75. The molecule has 0 aliphatic rings. The predicted octanol–water partition coefficient (Wildman–Crippen LogP) is 5.03. The molecular weight excluding hydrogens is 414 g/mol. The number of carboxylic acids is 1. The summed E-state index contributed by atoms with van der Waals surface area (Å²) >= 11 is 6.04. The Morgan fingerprint density at radius 3 is 2.81 bits per heavy atom. The molecule has 158 valence electrons. The highest BCUT2D eigenvalue weighted by Crippen LogP contribution is 2.30. The summed E-state index contributed by atoms with van der Waals surface area (Å²) in [6.45, 7) is 3.87. The van der Waals surface area contributed by atoms with Crippen molar-refractivity contribution in [2.45, 2.75) is 32.8 Å². The molecule has 31 heavy (non-hydrogen) atoms. The van der Waals surface area contributed by atoms with Crippen molar-refractivity contribution in [1.29, 1.82) is 0 Å². The number of terminal acetylenes is 1. The third-order valence-corrected chi connectivity index (χ3v) is 4.83. The van der Waals surface area contributed by atoms with Crippen LogP contribution in [0.25, 0.3) is 11.8 Å². The molecule has 3 aromatic rings. The zero-order valence-electron chi connectivity index (χ0n) is 17.2. The van der Waals surface area contributed by atoms with E-state index in [4.69, 9.17) is 22.8 Å².